The van der Waals surface area contributed by atoms with E-state index in [1.807, 2.05) is 24.3 Å². The molecule has 0 unspecified atom stereocenters. The minimum atomic E-state index is 0.582. The molecule has 11 aromatic rings. The van der Waals surface area contributed by atoms with E-state index in [0.29, 0.717) is 17.6 Å². The van der Waals surface area contributed by atoms with E-state index in [-0.39, 0.29) is 0 Å². The summed E-state index contributed by atoms with van der Waals surface area (Å²) >= 11 is 3.52. The van der Waals surface area contributed by atoms with Gasteiger partial charge in [0, 0.05) is 47.6 Å². The Labute approximate surface area is 312 Å². The second kappa shape index (κ2) is 12.0. The van der Waals surface area contributed by atoms with Gasteiger partial charge in [-0.3, -0.25) is 4.57 Å². The number of hydrogen-bond donors (Lipinski definition) is 0. The molecular formula is C46H27N5S2. The van der Waals surface area contributed by atoms with E-state index in [1.54, 1.807) is 22.7 Å². The topological polar surface area (TPSA) is 56.5 Å². The molecule has 0 saturated carbocycles. The average molecular weight is 714 g/mol. The van der Waals surface area contributed by atoms with Crippen LogP contribution >= 0.6 is 22.7 Å². The highest BCUT2D eigenvalue weighted by molar-refractivity contribution is 7.27. The van der Waals surface area contributed by atoms with Gasteiger partial charge in [0.2, 0.25) is 5.95 Å². The Morgan fingerprint density at radius 1 is 0.396 bits per heavy atom. The number of nitrogens with zero attached hydrogens (tertiary/aromatic N) is 5. The minimum Gasteiger partial charge on any atom is -0.278 e. The van der Waals surface area contributed by atoms with E-state index in [4.69, 9.17) is 19.9 Å². The van der Waals surface area contributed by atoms with Crippen LogP contribution < -0.4 is 0 Å². The Bertz CT molecular complexity index is 3150. The van der Waals surface area contributed by atoms with E-state index >= 15 is 0 Å². The first-order chi connectivity index (χ1) is 26.3. The van der Waals surface area contributed by atoms with Crippen LogP contribution in [0.3, 0.4) is 0 Å². The first-order valence-corrected chi connectivity index (χ1v) is 19.1. The molecular weight excluding hydrogens is 687 g/mol. The fourth-order valence-corrected chi connectivity index (χ4v) is 9.84. The number of benzene rings is 7. The van der Waals surface area contributed by atoms with Crippen LogP contribution in [-0.4, -0.2) is 24.5 Å². The maximum Gasteiger partial charge on any atom is 0.238 e. The van der Waals surface area contributed by atoms with Crippen LogP contribution in [0, 0.1) is 0 Å². The molecule has 4 heterocycles. The second-order valence-corrected chi connectivity index (χ2v) is 15.1. The van der Waals surface area contributed by atoms with Crippen molar-refractivity contribution < 1.29 is 0 Å². The van der Waals surface area contributed by atoms with E-state index in [2.05, 4.69) is 144 Å². The SMILES string of the molecule is c1ccc(-c2ccc3c4ccccc4n(-c4nc(-c5ccccc5)nc(-c5cccc6c5sc5c(-c7nc8ccccc8s7)cccc56)n4)c3c2)cc1. The fourth-order valence-electron chi connectivity index (χ4n) is 7.45. The van der Waals surface area contributed by atoms with Gasteiger partial charge in [0.15, 0.2) is 11.6 Å². The van der Waals surface area contributed by atoms with Gasteiger partial charge in [0.1, 0.15) is 5.01 Å². The van der Waals surface area contributed by atoms with Crippen LogP contribution in [-0.2, 0) is 0 Å². The number of aromatic nitrogens is 5. The van der Waals surface area contributed by atoms with Crippen LogP contribution in [0.2, 0.25) is 0 Å². The Morgan fingerprint density at radius 3 is 1.85 bits per heavy atom. The summed E-state index contributed by atoms with van der Waals surface area (Å²) in [7, 11) is 0. The van der Waals surface area contributed by atoms with Crippen LogP contribution in [0.4, 0.5) is 0 Å². The summed E-state index contributed by atoms with van der Waals surface area (Å²) in [5.74, 6) is 1.85. The standard InChI is InChI=1S/C46H27N5S2/c1-3-13-28(14-4-1)30-25-26-32-31-17-7-9-23-38(31)51(39(32)27-30)46-49-43(29-15-5-2-6-16-29)48-44(50-46)35-20-11-18-33-34-19-12-21-36(42(34)53-41(33)35)45-47-37-22-8-10-24-40(37)52-45/h1-27H. The number of rotatable bonds is 5. The summed E-state index contributed by atoms with van der Waals surface area (Å²) in [5.41, 5.74) is 8.48. The Kier molecular flexibility index (Phi) is 6.83. The maximum absolute atomic E-state index is 5.34. The van der Waals surface area contributed by atoms with E-state index in [1.165, 1.54) is 20.2 Å². The molecule has 5 nitrogen and oxygen atoms in total. The molecule has 0 radical (unpaired) electrons. The molecule has 0 atom stereocenters. The predicted molar refractivity (Wildman–Crippen MR) is 222 cm³/mol. The summed E-state index contributed by atoms with van der Waals surface area (Å²) in [5, 5.41) is 5.71. The quantitative estimate of drug-likeness (QED) is 0.178. The van der Waals surface area contributed by atoms with E-state index < -0.39 is 0 Å². The normalized spacial score (nSPS) is 11.8. The Morgan fingerprint density at radius 2 is 1.04 bits per heavy atom. The zero-order valence-electron chi connectivity index (χ0n) is 28.1. The maximum atomic E-state index is 5.34. The molecule has 7 heteroatoms. The third-order valence-electron chi connectivity index (χ3n) is 9.93. The smallest absolute Gasteiger partial charge is 0.238 e. The third kappa shape index (κ3) is 4.89. The zero-order chi connectivity index (χ0) is 34.9. The van der Waals surface area contributed by atoms with Crippen LogP contribution in [0.1, 0.15) is 0 Å². The number of thiazole rings is 1. The highest BCUT2D eigenvalue weighted by Gasteiger charge is 2.21. The zero-order valence-corrected chi connectivity index (χ0v) is 29.8. The van der Waals surface area contributed by atoms with Crippen molar-refractivity contribution in [3.8, 4) is 50.4 Å². The van der Waals surface area contributed by atoms with Crippen molar-refractivity contribution in [2.45, 2.75) is 0 Å². The summed E-state index contributed by atoms with van der Waals surface area (Å²) in [6.45, 7) is 0. The Hall–Kier alpha value is -6.54. The fraction of sp³-hybridized carbons (Fsp3) is 0. The lowest BCUT2D eigenvalue weighted by molar-refractivity contribution is 0.954. The first-order valence-electron chi connectivity index (χ1n) is 17.5. The molecule has 248 valence electrons. The molecule has 4 aromatic heterocycles. The molecule has 11 rings (SSSR count). The predicted octanol–water partition coefficient (Wildman–Crippen LogP) is 12.6. The van der Waals surface area contributed by atoms with Gasteiger partial charge in [-0.1, -0.05) is 133 Å². The van der Waals surface area contributed by atoms with Gasteiger partial charge < -0.3 is 0 Å². The summed E-state index contributed by atoms with van der Waals surface area (Å²) < 4.78 is 5.74. The molecule has 0 spiro atoms. The second-order valence-electron chi connectivity index (χ2n) is 13.1. The van der Waals surface area contributed by atoms with Crippen molar-refractivity contribution in [3.63, 3.8) is 0 Å². The van der Waals surface area contributed by atoms with Crippen molar-refractivity contribution in [1.29, 1.82) is 0 Å². The lowest BCUT2D eigenvalue weighted by atomic mass is 10.0. The van der Waals surface area contributed by atoms with Gasteiger partial charge >= 0.3 is 0 Å². The molecule has 0 bridgehead atoms. The number of thiophene rings is 1. The van der Waals surface area contributed by atoms with Crippen molar-refractivity contribution in [2.24, 2.45) is 0 Å². The largest absolute Gasteiger partial charge is 0.278 e. The highest BCUT2D eigenvalue weighted by Crippen LogP contribution is 2.45. The van der Waals surface area contributed by atoms with Gasteiger partial charge in [0.25, 0.3) is 0 Å². The van der Waals surface area contributed by atoms with Crippen LogP contribution in [0.15, 0.2) is 164 Å². The van der Waals surface area contributed by atoms with E-state index in [9.17, 15) is 0 Å². The average Bonchev–Trinajstić information content (AvgIpc) is 3.93. The molecule has 7 aromatic carbocycles. The van der Waals surface area contributed by atoms with Crippen LogP contribution in [0.5, 0.6) is 0 Å². The van der Waals surface area contributed by atoms with Gasteiger partial charge in [-0.2, -0.15) is 9.97 Å². The van der Waals surface area contributed by atoms with Crippen molar-refractivity contribution in [2.75, 3.05) is 0 Å². The van der Waals surface area contributed by atoms with Gasteiger partial charge in [-0.05, 0) is 41.5 Å². The van der Waals surface area contributed by atoms with Gasteiger partial charge in [-0.25, -0.2) is 9.97 Å². The lowest BCUT2D eigenvalue weighted by Gasteiger charge is -2.12. The first kappa shape index (κ1) is 30.1. The monoisotopic (exact) mass is 713 g/mol. The molecule has 0 fully saturated rings. The number of hydrogen-bond acceptors (Lipinski definition) is 6. The Balaban J connectivity index is 1.17. The molecule has 0 saturated heterocycles. The highest BCUT2D eigenvalue weighted by atomic mass is 32.1. The van der Waals surface area contributed by atoms with E-state index in [0.717, 1.165) is 64.8 Å². The van der Waals surface area contributed by atoms with Crippen LogP contribution in [0.25, 0.3) is 103 Å². The van der Waals surface area contributed by atoms with Gasteiger partial charge in [-0.15, -0.1) is 22.7 Å². The van der Waals surface area contributed by atoms with Crippen molar-refractivity contribution in [1.82, 2.24) is 24.5 Å². The number of fused-ring (bicyclic) bond motifs is 7. The molecule has 0 N–H and O–H groups in total. The lowest BCUT2D eigenvalue weighted by Crippen LogP contribution is -2.06. The molecule has 0 aliphatic carbocycles. The molecule has 0 aliphatic heterocycles. The molecule has 0 aliphatic rings. The minimum absolute atomic E-state index is 0.582. The summed E-state index contributed by atoms with van der Waals surface area (Å²) in [6, 6.07) is 57.3. The molecule has 53 heavy (non-hydrogen) atoms. The summed E-state index contributed by atoms with van der Waals surface area (Å²) in [4.78, 5) is 20.8. The summed E-state index contributed by atoms with van der Waals surface area (Å²) in [6.07, 6.45) is 0. The van der Waals surface area contributed by atoms with Gasteiger partial charge in [0.05, 0.1) is 21.3 Å². The van der Waals surface area contributed by atoms with Crippen molar-refractivity contribution in [3.05, 3.63) is 164 Å². The third-order valence-corrected chi connectivity index (χ3v) is 12.3. The van der Waals surface area contributed by atoms with Crippen molar-refractivity contribution >= 4 is 74.9 Å². The molecule has 0 amide bonds. The number of para-hydroxylation sites is 2.